The van der Waals surface area contributed by atoms with Crippen LogP contribution in [-0.2, 0) is 16.6 Å². The van der Waals surface area contributed by atoms with E-state index in [2.05, 4.69) is 0 Å². The zero-order valence-corrected chi connectivity index (χ0v) is 14.5. The summed E-state index contributed by atoms with van der Waals surface area (Å²) in [7, 11) is 1.01. The van der Waals surface area contributed by atoms with Crippen LogP contribution in [0.1, 0.15) is 15.9 Å². The molecule has 2 aromatic rings. The lowest BCUT2D eigenvalue weighted by Crippen LogP contribution is -2.26. The molecule has 0 bridgehead atoms. The average molecular weight is 350 g/mol. The molecular weight excluding hydrogens is 331 g/mol. The van der Waals surface area contributed by atoms with Crippen LogP contribution in [0.5, 0.6) is 0 Å². The molecule has 0 saturated heterocycles. The molecule has 1 amide bonds. The fourth-order valence-corrected chi connectivity index (χ4v) is 3.04. The van der Waals surface area contributed by atoms with E-state index in [0.29, 0.717) is 12.1 Å². The normalized spacial score (nSPS) is 11.5. The van der Waals surface area contributed by atoms with Crippen molar-refractivity contribution in [1.29, 1.82) is 0 Å². The van der Waals surface area contributed by atoms with Gasteiger partial charge in [-0.1, -0.05) is 12.1 Å². The molecular formula is C17H19FN2O3S. The number of sulfonamides is 1. The van der Waals surface area contributed by atoms with Gasteiger partial charge in [-0.15, -0.1) is 0 Å². The highest BCUT2D eigenvalue weighted by Crippen LogP contribution is 2.15. The second-order valence-corrected chi connectivity index (χ2v) is 7.75. The fourth-order valence-electron chi connectivity index (χ4n) is 2.14. The highest BCUT2D eigenvalue weighted by Gasteiger charge is 2.18. The smallest absolute Gasteiger partial charge is 0.253 e. The van der Waals surface area contributed by atoms with Crippen LogP contribution in [0.15, 0.2) is 53.4 Å². The molecule has 0 saturated carbocycles. The molecule has 0 aliphatic carbocycles. The van der Waals surface area contributed by atoms with Crippen molar-refractivity contribution in [2.24, 2.45) is 0 Å². The Labute approximate surface area is 141 Å². The lowest BCUT2D eigenvalue weighted by molar-refractivity contribution is 0.0785. The predicted octanol–water partition coefficient (Wildman–Crippen LogP) is 2.35. The molecule has 0 aromatic heterocycles. The third-order valence-corrected chi connectivity index (χ3v) is 5.39. The van der Waals surface area contributed by atoms with Crippen LogP contribution in [0.2, 0.25) is 0 Å². The van der Waals surface area contributed by atoms with E-state index in [0.717, 1.165) is 9.87 Å². The van der Waals surface area contributed by atoms with Crippen molar-refractivity contribution in [3.63, 3.8) is 0 Å². The van der Waals surface area contributed by atoms with Gasteiger partial charge in [-0.25, -0.2) is 17.1 Å². The summed E-state index contributed by atoms with van der Waals surface area (Å²) in [4.78, 5) is 14.0. The Morgan fingerprint density at radius 1 is 0.958 bits per heavy atom. The second kappa shape index (κ2) is 7.11. The molecule has 0 unspecified atom stereocenters. The average Bonchev–Trinajstić information content (AvgIpc) is 2.56. The molecule has 128 valence electrons. The first kappa shape index (κ1) is 18.1. The van der Waals surface area contributed by atoms with E-state index < -0.39 is 10.0 Å². The van der Waals surface area contributed by atoms with Gasteiger partial charge < -0.3 is 4.90 Å². The quantitative estimate of drug-likeness (QED) is 0.832. The Balaban J connectivity index is 2.13. The van der Waals surface area contributed by atoms with Crippen LogP contribution >= 0.6 is 0 Å². The Bertz CT molecular complexity index is 816. The van der Waals surface area contributed by atoms with Crippen molar-refractivity contribution >= 4 is 15.9 Å². The number of hydrogen-bond donors (Lipinski definition) is 0. The molecule has 0 N–H and O–H groups in total. The zero-order valence-electron chi connectivity index (χ0n) is 13.7. The number of hydrogen-bond acceptors (Lipinski definition) is 3. The van der Waals surface area contributed by atoms with E-state index in [1.54, 1.807) is 19.2 Å². The van der Waals surface area contributed by atoms with Gasteiger partial charge in [0, 0.05) is 33.3 Å². The van der Waals surface area contributed by atoms with Crippen LogP contribution in [0.25, 0.3) is 0 Å². The number of halogens is 1. The molecule has 0 aliphatic heterocycles. The summed E-state index contributed by atoms with van der Waals surface area (Å²) in [5.41, 5.74) is 1.19. The van der Waals surface area contributed by atoms with Gasteiger partial charge in [0.2, 0.25) is 10.0 Å². The molecule has 7 heteroatoms. The standard InChI is InChI=1S/C17H19FN2O3S/c1-19(2)24(22,23)16-10-6-14(7-11-16)17(21)20(3)12-13-4-8-15(18)9-5-13/h4-11H,12H2,1-3H3. The third-order valence-electron chi connectivity index (χ3n) is 3.56. The maximum atomic E-state index is 12.9. The summed E-state index contributed by atoms with van der Waals surface area (Å²) < 4.78 is 38.1. The van der Waals surface area contributed by atoms with Crippen LogP contribution in [0.4, 0.5) is 4.39 Å². The van der Waals surface area contributed by atoms with Gasteiger partial charge in [0.1, 0.15) is 5.82 Å². The highest BCUT2D eigenvalue weighted by atomic mass is 32.2. The Morgan fingerprint density at radius 3 is 2.00 bits per heavy atom. The molecule has 5 nitrogen and oxygen atoms in total. The molecule has 0 fully saturated rings. The van der Waals surface area contributed by atoms with E-state index in [9.17, 15) is 17.6 Å². The molecule has 0 radical (unpaired) electrons. The number of carbonyl (C=O) groups excluding carboxylic acids is 1. The summed E-state index contributed by atoms with van der Waals surface area (Å²) in [5, 5.41) is 0. The Morgan fingerprint density at radius 2 is 1.50 bits per heavy atom. The summed E-state index contributed by atoms with van der Waals surface area (Å²) in [5.74, 6) is -0.571. The summed E-state index contributed by atoms with van der Waals surface area (Å²) in [6, 6.07) is 11.7. The lowest BCUT2D eigenvalue weighted by Gasteiger charge is -2.18. The monoisotopic (exact) mass is 350 g/mol. The van der Waals surface area contributed by atoms with Gasteiger partial charge in [0.15, 0.2) is 0 Å². The zero-order chi connectivity index (χ0) is 17.9. The molecule has 0 aliphatic rings. The van der Waals surface area contributed by atoms with Crippen molar-refractivity contribution in [2.45, 2.75) is 11.4 Å². The third kappa shape index (κ3) is 3.98. The van der Waals surface area contributed by atoms with Gasteiger partial charge in [-0.3, -0.25) is 4.79 Å². The first-order valence-electron chi connectivity index (χ1n) is 7.24. The fraction of sp³-hybridized carbons (Fsp3) is 0.235. The summed E-state index contributed by atoms with van der Waals surface area (Å²) >= 11 is 0. The highest BCUT2D eigenvalue weighted by molar-refractivity contribution is 7.89. The van der Waals surface area contributed by atoms with Crippen molar-refractivity contribution in [1.82, 2.24) is 9.21 Å². The van der Waals surface area contributed by atoms with Gasteiger partial charge in [-0.2, -0.15) is 0 Å². The van der Waals surface area contributed by atoms with Gasteiger partial charge in [-0.05, 0) is 42.0 Å². The van der Waals surface area contributed by atoms with Crippen molar-refractivity contribution in [2.75, 3.05) is 21.1 Å². The second-order valence-electron chi connectivity index (χ2n) is 5.60. The minimum atomic E-state index is -3.52. The first-order valence-corrected chi connectivity index (χ1v) is 8.68. The molecule has 2 aromatic carbocycles. The molecule has 0 heterocycles. The SMILES string of the molecule is CN(Cc1ccc(F)cc1)C(=O)c1ccc(S(=O)(=O)N(C)C)cc1. The minimum absolute atomic E-state index is 0.130. The van der Waals surface area contributed by atoms with Gasteiger partial charge in [0.25, 0.3) is 5.91 Å². The number of carbonyl (C=O) groups is 1. The topological polar surface area (TPSA) is 57.7 Å². The number of amides is 1. The van der Waals surface area contributed by atoms with E-state index >= 15 is 0 Å². The van der Waals surface area contributed by atoms with E-state index in [4.69, 9.17) is 0 Å². The molecule has 2 rings (SSSR count). The predicted molar refractivity (Wildman–Crippen MR) is 89.5 cm³/mol. The summed E-state index contributed by atoms with van der Waals surface area (Å²) in [6.07, 6.45) is 0. The minimum Gasteiger partial charge on any atom is -0.337 e. The lowest BCUT2D eigenvalue weighted by atomic mass is 10.1. The summed E-state index contributed by atoms with van der Waals surface area (Å²) in [6.45, 7) is 0.330. The van der Waals surface area contributed by atoms with Gasteiger partial charge >= 0.3 is 0 Å². The Hall–Kier alpha value is -2.25. The Kier molecular flexibility index (Phi) is 5.36. The number of nitrogens with zero attached hydrogens (tertiary/aromatic N) is 2. The van der Waals surface area contributed by atoms with E-state index in [1.807, 2.05) is 0 Å². The van der Waals surface area contributed by atoms with Crippen molar-refractivity contribution in [3.05, 3.63) is 65.5 Å². The molecule has 0 spiro atoms. The van der Waals surface area contributed by atoms with Crippen LogP contribution in [-0.4, -0.2) is 44.7 Å². The number of rotatable bonds is 5. The maximum absolute atomic E-state index is 12.9. The van der Waals surface area contributed by atoms with Crippen LogP contribution in [0, 0.1) is 5.82 Å². The number of benzene rings is 2. The van der Waals surface area contributed by atoms with Crippen LogP contribution < -0.4 is 0 Å². The first-order chi connectivity index (χ1) is 11.2. The van der Waals surface area contributed by atoms with Crippen LogP contribution in [0.3, 0.4) is 0 Å². The molecule has 24 heavy (non-hydrogen) atoms. The van der Waals surface area contributed by atoms with Crippen molar-refractivity contribution < 1.29 is 17.6 Å². The van der Waals surface area contributed by atoms with E-state index in [-0.39, 0.29) is 16.6 Å². The molecule has 0 atom stereocenters. The van der Waals surface area contributed by atoms with Crippen molar-refractivity contribution in [3.8, 4) is 0 Å². The maximum Gasteiger partial charge on any atom is 0.253 e. The largest absolute Gasteiger partial charge is 0.337 e. The van der Waals surface area contributed by atoms with Gasteiger partial charge in [0.05, 0.1) is 4.90 Å². The van der Waals surface area contributed by atoms with E-state index in [1.165, 1.54) is 55.4 Å².